The maximum atomic E-state index is 12.4. The monoisotopic (exact) mass is 405 g/mol. The maximum absolute atomic E-state index is 12.4. The highest BCUT2D eigenvalue weighted by Crippen LogP contribution is 2.24. The molecule has 1 atom stereocenters. The van der Waals surface area contributed by atoms with Crippen LogP contribution in [-0.4, -0.2) is 42.6 Å². The van der Waals surface area contributed by atoms with E-state index < -0.39 is 6.04 Å². The molecule has 2 rings (SSSR count). The molecule has 5 nitrogen and oxygen atoms in total. The van der Waals surface area contributed by atoms with Crippen molar-refractivity contribution in [1.82, 2.24) is 10.2 Å². The molecule has 0 saturated heterocycles. The molecule has 0 aliphatic heterocycles. The van der Waals surface area contributed by atoms with Crippen LogP contribution in [-0.2, 0) is 16.1 Å². The molecule has 7 heteroatoms. The molecule has 0 fully saturated rings. The van der Waals surface area contributed by atoms with Gasteiger partial charge in [0.25, 0.3) is 0 Å². The van der Waals surface area contributed by atoms with E-state index in [1.54, 1.807) is 42.8 Å². The highest BCUT2D eigenvalue weighted by molar-refractivity contribution is 7.98. The minimum atomic E-state index is -0.432. The molecule has 0 heterocycles. The Kier molecular flexibility index (Phi) is 8.16. The van der Waals surface area contributed by atoms with E-state index in [0.717, 1.165) is 16.1 Å². The number of thioether (sulfide) groups is 1. The van der Waals surface area contributed by atoms with Crippen LogP contribution in [0.1, 0.15) is 12.5 Å². The highest BCUT2D eigenvalue weighted by Gasteiger charge is 2.20. The first-order chi connectivity index (χ1) is 12.9. The summed E-state index contributed by atoms with van der Waals surface area (Å²) in [5.74, 6) is -0.291. The van der Waals surface area contributed by atoms with E-state index in [4.69, 9.17) is 11.6 Å². The Morgan fingerprint density at radius 3 is 2.48 bits per heavy atom. The summed E-state index contributed by atoms with van der Waals surface area (Å²) in [7, 11) is 1.76. The molecule has 0 aromatic heterocycles. The van der Waals surface area contributed by atoms with Crippen LogP contribution in [0, 0.1) is 0 Å². The minimum Gasteiger partial charge on any atom is -0.351 e. The number of anilines is 1. The van der Waals surface area contributed by atoms with Crippen molar-refractivity contribution in [2.75, 3.05) is 25.2 Å². The molecule has 144 valence electrons. The Morgan fingerprint density at radius 1 is 1.15 bits per heavy atom. The Bertz CT molecular complexity index is 783. The number of nitrogens with one attached hydrogen (secondary N) is 2. The first-order valence-electron chi connectivity index (χ1n) is 8.56. The highest BCUT2D eigenvalue weighted by atomic mass is 35.5. The second-order valence-corrected chi connectivity index (χ2v) is 7.47. The van der Waals surface area contributed by atoms with Gasteiger partial charge in [0.2, 0.25) is 11.8 Å². The number of likely N-dealkylation sites (N-methyl/N-ethyl adjacent to an activating group) is 1. The lowest BCUT2D eigenvalue weighted by Crippen LogP contribution is -2.45. The molecule has 1 unspecified atom stereocenters. The lowest BCUT2D eigenvalue weighted by atomic mass is 10.2. The van der Waals surface area contributed by atoms with Gasteiger partial charge in [-0.3, -0.25) is 14.5 Å². The summed E-state index contributed by atoms with van der Waals surface area (Å²) in [6.45, 7) is 2.32. The zero-order valence-corrected chi connectivity index (χ0v) is 17.2. The largest absolute Gasteiger partial charge is 0.351 e. The summed E-state index contributed by atoms with van der Waals surface area (Å²) >= 11 is 7.43. The predicted octanol–water partition coefficient (Wildman–Crippen LogP) is 3.64. The van der Waals surface area contributed by atoms with Gasteiger partial charge >= 0.3 is 0 Å². The van der Waals surface area contributed by atoms with Gasteiger partial charge in [-0.05, 0) is 50.1 Å². The summed E-state index contributed by atoms with van der Waals surface area (Å²) in [6, 6.07) is 14.5. The molecule has 2 amide bonds. The van der Waals surface area contributed by atoms with Crippen molar-refractivity contribution in [1.29, 1.82) is 0 Å². The number of hydrogen-bond donors (Lipinski definition) is 2. The number of rotatable bonds is 8. The average molecular weight is 406 g/mol. The lowest BCUT2D eigenvalue weighted by Gasteiger charge is -2.23. The molecular formula is C20H24ClN3O2S. The van der Waals surface area contributed by atoms with Gasteiger partial charge in [-0.1, -0.05) is 35.9 Å². The van der Waals surface area contributed by atoms with Crippen molar-refractivity contribution in [2.24, 2.45) is 0 Å². The molecule has 0 saturated carbocycles. The molecule has 2 N–H and O–H groups in total. The van der Waals surface area contributed by atoms with E-state index in [1.807, 2.05) is 42.7 Å². The van der Waals surface area contributed by atoms with E-state index in [9.17, 15) is 9.59 Å². The fourth-order valence-corrected chi connectivity index (χ4v) is 3.12. The van der Waals surface area contributed by atoms with Crippen molar-refractivity contribution in [3.8, 4) is 0 Å². The van der Waals surface area contributed by atoms with E-state index in [0.29, 0.717) is 11.6 Å². The van der Waals surface area contributed by atoms with E-state index >= 15 is 0 Å². The number of hydrogen-bond acceptors (Lipinski definition) is 4. The van der Waals surface area contributed by atoms with Crippen LogP contribution < -0.4 is 10.6 Å². The zero-order valence-electron chi connectivity index (χ0n) is 15.7. The number of para-hydroxylation sites is 1. The molecule has 27 heavy (non-hydrogen) atoms. The van der Waals surface area contributed by atoms with Gasteiger partial charge in [0.05, 0.1) is 18.3 Å². The fourth-order valence-electron chi connectivity index (χ4n) is 2.44. The van der Waals surface area contributed by atoms with Crippen molar-refractivity contribution in [2.45, 2.75) is 24.4 Å². The van der Waals surface area contributed by atoms with Crippen LogP contribution in [0.4, 0.5) is 5.69 Å². The number of carbonyl (C=O) groups is 2. The van der Waals surface area contributed by atoms with Gasteiger partial charge in [0.15, 0.2) is 0 Å². The van der Waals surface area contributed by atoms with Gasteiger partial charge < -0.3 is 10.6 Å². The Hall–Kier alpha value is -2.02. The fraction of sp³-hybridized carbons (Fsp3) is 0.300. The third-order valence-corrected chi connectivity index (χ3v) is 5.24. The SMILES string of the molecule is CSc1ccccc1NC(=O)CN(C)C(C)C(=O)NCc1ccc(Cl)cc1. The molecule has 0 aliphatic rings. The van der Waals surface area contributed by atoms with Gasteiger partial charge in [-0.15, -0.1) is 11.8 Å². The quantitative estimate of drug-likeness (QED) is 0.658. The van der Waals surface area contributed by atoms with E-state index in [2.05, 4.69) is 10.6 Å². The predicted molar refractivity (Wildman–Crippen MR) is 112 cm³/mol. The maximum Gasteiger partial charge on any atom is 0.238 e. The normalized spacial score (nSPS) is 11.9. The first kappa shape index (κ1) is 21.3. The molecule has 2 aromatic rings. The molecule has 0 aliphatic carbocycles. The van der Waals surface area contributed by atoms with E-state index in [1.165, 1.54) is 0 Å². The standard InChI is InChI=1S/C20H24ClN3O2S/c1-14(20(26)22-12-15-8-10-16(21)11-9-15)24(2)13-19(25)23-17-6-4-5-7-18(17)27-3/h4-11,14H,12-13H2,1-3H3,(H,22,26)(H,23,25). The van der Waals surface area contributed by atoms with Gasteiger partial charge in [-0.25, -0.2) is 0 Å². The molecule has 0 radical (unpaired) electrons. The summed E-state index contributed by atoms with van der Waals surface area (Å²) in [5, 5.41) is 6.44. The summed E-state index contributed by atoms with van der Waals surface area (Å²) in [4.78, 5) is 27.4. The van der Waals surface area contributed by atoms with Crippen LogP contribution in [0.15, 0.2) is 53.4 Å². The van der Waals surface area contributed by atoms with Gasteiger partial charge in [0, 0.05) is 16.5 Å². The number of amides is 2. The lowest BCUT2D eigenvalue weighted by molar-refractivity contribution is -0.126. The topological polar surface area (TPSA) is 61.4 Å². The van der Waals surface area contributed by atoms with Crippen molar-refractivity contribution in [3.05, 3.63) is 59.1 Å². The smallest absolute Gasteiger partial charge is 0.238 e. The van der Waals surface area contributed by atoms with Crippen LogP contribution in [0.2, 0.25) is 5.02 Å². The van der Waals surface area contributed by atoms with Crippen molar-refractivity contribution in [3.63, 3.8) is 0 Å². The first-order valence-corrected chi connectivity index (χ1v) is 10.2. The second kappa shape index (κ2) is 10.3. The Morgan fingerprint density at radius 2 is 1.81 bits per heavy atom. The van der Waals surface area contributed by atoms with Crippen molar-refractivity contribution >= 4 is 40.9 Å². The number of benzene rings is 2. The molecule has 0 bridgehead atoms. The third kappa shape index (κ3) is 6.57. The minimum absolute atomic E-state index is 0.123. The van der Waals surface area contributed by atoms with Gasteiger partial charge in [0.1, 0.15) is 0 Å². The number of nitrogens with zero attached hydrogens (tertiary/aromatic N) is 1. The number of halogens is 1. The van der Waals surface area contributed by atoms with E-state index in [-0.39, 0.29) is 18.4 Å². The summed E-state index contributed by atoms with van der Waals surface area (Å²) < 4.78 is 0. The number of carbonyl (C=O) groups excluding carboxylic acids is 2. The van der Waals surface area contributed by atoms with Crippen molar-refractivity contribution < 1.29 is 9.59 Å². The molecule has 2 aromatic carbocycles. The zero-order chi connectivity index (χ0) is 19.8. The summed E-state index contributed by atoms with van der Waals surface area (Å²) in [5.41, 5.74) is 1.75. The molecular weight excluding hydrogens is 382 g/mol. The summed E-state index contributed by atoms with van der Waals surface area (Å²) in [6.07, 6.45) is 1.96. The Labute approximate surface area is 169 Å². The average Bonchev–Trinajstić information content (AvgIpc) is 2.67. The van der Waals surface area contributed by atoms with Crippen LogP contribution in [0.25, 0.3) is 0 Å². The third-order valence-electron chi connectivity index (χ3n) is 4.19. The second-order valence-electron chi connectivity index (χ2n) is 6.18. The Balaban J connectivity index is 1.84. The van der Waals surface area contributed by atoms with Gasteiger partial charge in [-0.2, -0.15) is 0 Å². The van der Waals surface area contributed by atoms with Crippen LogP contribution in [0.5, 0.6) is 0 Å². The van der Waals surface area contributed by atoms with Crippen LogP contribution in [0.3, 0.4) is 0 Å². The van der Waals surface area contributed by atoms with Crippen LogP contribution >= 0.6 is 23.4 Å². The molecule has 0 spiro atoms.